The van der Waals surface area contributed by atoms with E-state index in [1.165, 1.54) is 17.0 Å². The summed E-state index contributed by atoms with van der Waals surface area (Å²) in [6.45, 7) is 12.6. The van der Waals surface area contributed by atoms with Gasteiger partial charge in [-0.25, -0.2) is 13.9 Å². The van der Waals surface area contributed by atoms with Crippen LogP contribution in [0.2, 0.25) is 0 Å². The fourth-order valence-corrected chi connectivity index (χ4v) is 3.59. The number of carbonyl (C=O) groups is 1. The molecule has 0 aliphatic heterocycles. The van der Waals surface area contributed by atoms with Gasteiger partial charge in [0.25, 0.3) is 5.82 Å². The molecule has 4 nitrogen and oxygen atoms in total. The zero-order valence-corrected chi connectivity index (χ0v) is 17.0. The average Bonchev–Trinajstić information content (AvgIpc) is 2.93. The Balaban J connectivity index is 2.05. The predicted octanol–water partition coefficient (Wildman–Crippen LogP) is 4.61. The lowest BCUT2D eigenvalue weighted by molar-refractivity contribution is -0.674. The highest BCUT2D eigenvalue weighted by Crippen LogP contribution is 2.20. The van der Waals surface area contributed by atoms with Crippen molar-refractivity contribution in [2.75, 3.05) is 6.61 Å². The molecule has 0 atom stereocenters. The van der Waals surface area contributed by atoms with E-state index in [1.54, 1.807) is 0 Å². The topological polar surface area (TPSA) is 35.1 Å². The van der Waals surface area contributed by atoms with Crippen LogP contribution >= 0.6 is 0 Å². The van der Waals surface area contributed by atoms with Gasteiger partial charge in [0.1, 0.15) is 6.54 Å². The second kappa shape index (κ2) is 7.95. The van der Waals surface area contributed by atoms with E-state index < -0.39 is 0 Å². The average molecular weight is 365 g/mol. The number of fused-ring (bicyclic) bond motifs is 1. The third-order valence-electron chi connectivity index (χ3n) is 5.15. The smallest absolute Gasteiger partial charge is 0.338 e. The SMILES string of the molecule is CCOC(=O)c1ccc2c(c1)n(Cc1ccc(C(C)C)cc1)c(C)[n+]2CC. The zero-order valence-electron chi connectivity index (χ0n) is 17.0. The Morgan fingerprint density at radius 2 is 1.81 bits per heavy atom. The third kappa shape index (κ3) is 3.75. The van der Waals surface area contributed by atoms with E-state index in [-0.39, 0.29) is 5.97 Å². The first-order chi connectivity index (χ1) is 13.0. The highest BCUT2D eigenvalue weighted by atomic mass is 16.5. The summed E-state index contributed by atoms with van der Waals surface area (Å²) < 4.78 is 9.75. The Morgan fingerprint density at radius 1 is 1.11 bits per heavy atom. The van der Waals surface area contributed by atoms with Gasteiger partial charge in [-0.15, -0.1) is 0 Å². The monoisotopic (exact) mass is 365 g/mol. The Kier molecular flexibility index (Phi) is 5.64. The zero-order chi connectivity index (χ0) is 19.6. The molecular weight excluding hydrogens is 336 g/mol. The summed E-state index contributed by atoms with van der Waals surface area (Å²) in [7, 11) is 0. The quantitative estimate of drug-likeness (QED) is 0.472. The molecule has 0 saturated heterocycles. The predicted molar refractivity (Wildman–Crippen MR) is 108 cm³/mol. The molecule has 0 unspecified atom stereocenters. The molecule has 0 N–H and O–H groups in total. The molecule has 2 aromatic carbocycles. The van der Waals surface area contributed by atoms with Crippen molar-refractivity contribution in [2.45, 2.75) is 53.6 Å². The number of esters is 1. The van der Waals surface area contributed by atoms with E-state index in [4.69, 9.17) is 4.74 Å². The van der Waals surface area contributed by atoms with Crippen LogP contribution in [0.15, 0.2) is 42.5 Å². The molecule has 0 aliphatic carbocycles. The van der Waals surface area contributed by atoms with Crippen molar-refractivity contribution in [3.8, 4) is 0 Å². The van der Waals surface area contributed by atoms with Crippen LogP contribution in [0.25, 0.3) is 11.0 Å². The summed E-state index contributed by atoms with van der Waals surface area (Å²) in [4.78, 5) is 12.2. The molecule has 27 heavy (non-hydrogen) atoms. The second-order valence-corrected chi connectivity index (χ2v) is 7.20. The van der Waals surface area contributed by atoms with Crippen molar-refractivity contribution in [3.05, 3.63) is 65.0 Å². The van der Waals surface area contributed by atoms with Gasteiger partial charge in [0.2, 0.25) is 0 Å². The maximum Gasteiger partial charge on any atom is 0.338 e. The number of rotatable bonds is 6. The largest absolute Gasteiger partial charge is 0.462 e. The summed E-state index contributed by atoms with van der Waals surface area (Å²) in [6, 6.07) is 14.6. The van der Waals surface area contributed by atoms with E-state index in [2.05, 4.69) is 61.1 Å². The van der Waals surface area contributed by atoms with Gasteiger partial charge in [-0.1, -0.05) is 38.1 Å². The van der Waals surface area contributed by atoms with Crippen LogP contribution in [-0.2, 0) is 17.8 Å². The third-order valence-corrected chi connectivity index (χ3v) is 5.15. The van der Waals surface area contributed by atoms with Crippen molar-refractivity contribution in [2.24, 2.45) is 0 Å². The van der Waals surface area contributed by atoms with Gasteiger partial charge in [0.05, 0.1) is 18.7 Å². The van der Waals surface area contributed by atoms with Crippen LogP contribution in [0.4, 0.5) is 0 Å². The molecule has 0 fully saturated rings. The van der Waals surface area contributed by atoms with Gasteiger partial charge in [-0.3, -0.25) is 0 Å². The summed E-state index contributed by atoms with van der Waals surface area (Å²) in [5.41, 5.74) is 5.40. The molecule has 0 amide bonds. The van der Waals surface area contributed by atoms with E-state index in [1.807, 2.05) is 25.1 Å². The summed E-state index contributed by atoms with van der Waals surface area (Å²) in [5, 5.41) is 0. The highest BCUT2D eigenvalue weighted by Gasteiger charge is 2.22. The van der Waals surface area contributed by atoms with Crippen molar-refractivity contribution in [3.63, 3.8) is 0 Å². The van der Waals surface area contributed by atoms with Gasteiger partial charge >= 0.3 is 5.97 Å². The van der Waals surface area contributed by atoms with E-state index in [0.29, 0.717) is 18.1 Å². The van der Waals surface area contributed by atoms with Gasteiger partial charge < -0.3 is 4.74 Å². The Labute approximate surface area is 161 Å². The van der Waals surface area contributed by atoms with Gasteiger partial charge in [0.15, 0.2) is 11.0 Å². The normalized spacial score (nSPS) is 11.3. The molecule has 3 aromatic rings. The minimum absolute atomic E-state index is 0.269. The van der Waals surface area contributed by atoms with Crippen molar-refractivity contribution in [1.82, 2.24) is 4.57 Å². The number of benzene rings is 2. The Hall–Kier alpha value is -2.62. The van der Waals surface area contributed by atoms with Crippen molar-refractivity contribution < 1.29 is 14.1 Å². The molecule has 142 valence electrons. The molecule has 0 radical (unpaired) electrons. The number of hydrogen-bond donors (Lipinski definition) is 0. The lowest BCUT2D eigenvalue weighted by Crippen LogP contribution is -2.35. The van der Waals surface area contributed by atoms with Crippen molar-refractivity contribution >= 4 is 17.0 Å². The first kappa shape index (κ1) is 19.2. The van der Waals surface area contributed by atoms with Crippen LogP contribution in [0.3, 0.4) is 0 Å². The molecule has 4 heteroatoms. The fourth-order valence-electron chi connectivity index (χ4n) is 3.59. The lowest BCUT2D eigenvalue weighted by atomic mass is 10.0. The minimum Gasteiger partial charge on any atom is -0.462 e. The number of imidazole rings is 1. The van der Waals surface area contributed by atoms with Crippen LogP contribution in [0.5, 0.6) is 0 Å². The first-order valence-corrected chi connectivity index (χ1v) is 9.74. The second-order valence-electron chi connectivity index (χ2n) is 7.20. The molecule has 1 heterocycles. The van der Waals surface area contributed by atoms with E-state index in [0.717, 1.165) is 24.1 Å². The van der Waals surface area contributed by atoms with Crippen molar-refractivity contribution in [1.29, 1.82) is 0 Å². The molecule has 0 bridgehead atoms. The molecule has 3 rings (SSSR count). The lowest BCUT2D eigenvalue weighted by Gasteiger charge is -2.07. The Bertz CT molecular complexity index is 953. The van der Waals surface area contributed by atoms with Crippen LogP contribution in [-0.4, -0.2) is 17.1 Å². The number of aryl methyl sites for hydroxylation is 1. The number of ether oxygens (including phenoxy) is 1. The maximum absolute atomic E-state index is 12.2. The fraction of sp³-hybridized carbons (Fsp3) is 0.391. The van der Waals surface area contributed by atoms with Gasteiger partial charge in [-0.2, -0.15) is 0 Å². The standard InChI is InChI=1S/C23H29N2O2/c1-6-24-17(5)25(15-18-8-10-19(11-9-18)16(3)4)22-14-20(12-13-21(22)24)23(26)27-7-2/h8-14,16H,6-7,15H2,1-5H3/q+1. The molecular formula is C23H29N2O2+. The first-order valence-electron chi connectivity index (χ1n) is 9.74. The molecule has 0 aliphatic rings. The maximum atomic E-state index is 12.2. The van der Waals surface area contributed by atoms with Crippen LogP contribution in [0, 0.1) is 6.92 Å². The summed E-state index contributed by atoms with van der Waals surface area (Å²) in [6.07, 6.45) is 0. The Morgan fingerprint density at radius 3 is 2.41 bits per heavy atom. The van der Waals surface area contributed by atoms with Crippen LogP contribution < -0.4 is 4.57 Å². The molecule has 1 aromatic heterocycles. The van der Waals surface area contributed by atoms with E-state index >= 15 is 0 Å². The minimum atomic E-state index is -0.269. The number of hydrogen-bond acceptors (Lipinski definition) is 2. The number of aromatic nitrogens is 2. The van der Waals surface area contributed by atoms with Gasteiger partial charge in [-0.05, 0) is 43.0 Å². The van der Waals surface area contributed by atoms with Crippen LogP contribution in [0.1, 0.15) is 60.9 Å². The summed E-state index contributed by atoms with van der Waals surface area (Å²) >= 11 is 0. The van der Waals surface area contributed by atoms with E-state index in [9.17, 15) is 4.79 Å². The molecule has 0 saturated carbocycles. The number of carbonyl (C=O) groups excluding carboxylic acids is 1. The van der Waals surface area contributed by atoms with Gasteiger partial charge in [0, 0.05) is 13.0 Å². The highest BCUT2D eigenvalue weighted by molar-refractivity contribution is 5.93. The summed E-state index contributed by atoms with van der Waals surface area (Å²) in [5.74, 6) is 1.44. The molecule has 0 spiro atoms. The number of nitrogens with zero attached hydrogens (tertiary/aromatic N) is 2.